The Kier molecular flexibility index (Phi) is 4.23. The molecule has 0 bridgehead atoms. The number of aromatic nitrogens is 1. The van der Waals surface area contributed by atoms with Crippen LogP contribution in [0.15, 0.2) is 36.5 Å². The smallest absolute Gasteiger partial charge is 0.0453 e. The van der Waals surface area contributed by atoms with Crippen LogP contribution in [0.5, 0.6) is 0 Å². The Morgan fingerprint density at radius 2 is 2.00 bits per heavy atom. The van der Waals surface area contributed by atoms with E-state index in [0.29, 0.717) is 16.5 Å². The summed E-state index contributed by atoms with van der Waals surface area (Å²) in [5, 5.41) is 1.28. The molecule has 1 aromatic heterocycles. The van der Waals surface area contributed by atoms with Crippen LogP contribution in [-0.2, 0) is 6.42 Å². The van der Waals surface area contributed by atoms with Crippen LogP contribution >= 0.6 is 23.2 Å². The van der Waals surface area contributed by atoms with E-state index < -0.39 is 0 Å². The number of nitrogens with two attached hydrogens (primary N) is 1. The first-order valence-corrected chi connectivity index (χ1v) is 6.44. The standard InChI is InChI=1S/C14H14Cl2N2/c1-9-2-3-11(8-18-9)14(17)6-10-4-5-12(15)7-13(10)16/h2-5,7-8,14H,6,17H2,1H3. The van der Waals surface area contributed by atoms with Gasteiger partial charge in [0.05, 0.1) is 0 Å². The van der Waals surface area contributed by atoms with Crippen molar-refractivity contribution in [3.8, 4) is 0 Å². The molecule has 1 unspecified atom stereocenters. The number of benzene rings is 1. The highest BCUT2D eigenvalue weighted by Crippen LogP contribution is 2.25. The van der Waals surface area contributed by atoms with Crippen molar-refractivity contribution < 1.29 is 0 Å². The summed E-state index contributed by atoms with van der Waals surface area (Å²) in [6, 6.07) is 9.31. The Balaban J connectivity index is 2.15. The lowest BCUT2D eigenvalue weighted by Crippen LogP contribution is -2.14. The lowest BCUT2D eigenvalue weighted by molar-refractivity contribution is 0.717. The van der Waals surface area contributed by atoms with Gasteiger partial charge in [-0.3, -0.25) is 4.98 Å². The molecule has 4 heteroatoms. The molecule has 0 spiro atoms. The van der Waals surface area contributed by atoms with E-state index in [0.717, 1.165) is 16.8 Å². The molecule has 18 heavy (non-hydrogen) atoms. The summed E-state index contributed by atoms with van der Waals surface area (Å²) in [6.45, 7) is 1.95. The summed E-state index contributed by atoms with van der Waals surface area (Å²) in [7, 11) is 0. The van der Waals surface area contributed by atoms with Gasteiger partial charge < -0.3 is 5.73 Å². The predicted molar refractivity (Wildman–Crippen MR) is 76.1 cm³/mol. The minimum absolute atomic E-state index is 0.114. The molecule has 0 amide bonds. The Labute approximate surface area is 117 Å². The van der Waals surface area contributed by atoms with E-state index in [4.69, 9.17) is 28.9 Å². The van der Waals surface area contributed by atoms with Crippen molar-refractivity contribution in [3.63, 3.8) is 0 Å². The molecule has 2 aromatic rings. The summed E-state index contributed by atoms with van der Waals surface area (Å²) in [5.41, 5.74) is 9.14. The van der Waals surface area contributed by atoms with Gasteiger partial charge in [0.25, 0.3) is 0 Å². The van der Waals surface area contributed by atoms with Crippen molar-refractivity contribution in [2.24, 2.45) is 5.73 Å². The van der Waals surface area contributed by atoms with Gasteiger partial charge in [0, 0.05) is 28.0 Å². The second kappa shape index (κ2) is 5.70. The molecule has 1 aromatic carbocycles. The predicted octanol–water partition coefficient (Wildman–Crippen LogP) is 3.94. The maximum absolute atomic E-state index is 6.15. The molecule has 0 radical (unpaired) electrons. The van der Waals surface area contributed by atoms with E-state index in [1.807, 2.05) is 37.4 Å². The molecule has 1 heterocycles. The normalized spacial score (nSPS) is 12.4. The van der Waals surface area contributed by atoms with E-state index in [1.54, 1.807) is 6.07 Å². The van der Waals surface area contributed by atoms with Gasteiger partial charge in [-0.25, -0.2) is 0 Å². The van der Waals surface area contributed by atoms with Gasteiger partial charge in [0.1, 0.15) is 0 Å². The van der Waals surface area contributed by atoms with E-state index in [-0.39, 0.29) is 6.04 Å². The van der Waals surface area contributed by atoms with Gasteiger partial charge in [0.2, 0.25) is 0 Å². The third kappa shape index (κ3) is 3.22. The number of nitrogens with zero attached hydrogens (tertiary/aromatic N) is 1. The Morgan fingerprint density at radius 3 is 2.61 bits per heavy atom. The maximum Gasteiger partial charge on any atom is 0.0453 e. The summed E-state index contributed by atoms with van der Waals surface area (Å²) >= 11 is 12.0. The molecule has 0 aliphatic heterocycles. The molecule has 0 aliphatic rings. The summed E-state index contributed by atoms with van der Waals surface area (Å²) < 4.78 is 0. The number of halogens is 2. The maximum atomic E-state index is 6.15. The quantitative estimate of drug-likeness (QED) is 0.925. The molecule has 0 fully saturated rings. The van der Waals surface area contributed by atoms with Crippen molar-refractivity contribution in [3.05, 3.63) is 63.4 Å². The van der Waals surface area contributed by atoms with Gasteiger partial charge in [0.15, 0.2) is 0 Å². The zero-order valence-corrected chi connectivity index (χ0v) is 11.5. The molecule has 2 rings (SSSR count). The third-order valence-electron chi connectivity index (χ3n) is 2.82. The molecular weight excluding hydrogens is 267 g/mol. The molecule has 2 nitrogen and oxygen atoms in total. The third-order valence-corrected chi connectivity index (χ3v) is 3.40. The van der Waals surface area contributed by atoms with Gasteiger partial charge >= 0.3 is 0 Å². The summed E-state index contributed by atoms with van der Waals surface area (Å²) in [4.78, 5) is 4.24. The highest BCUT2D eigenvalue weighted by molar-refractivity contribution is 6.35. The van der Waals surface area contributed by atoms with Gasteiger partial charge in [-0.15, -0.1) is 0 Å². The number of pyridine rings is 1. The van der Waals surface area contributed by atoms with Crippen molar-refractivity contribution in [1.82, 2.24) is 4.98 Å². The van der Waals surface area contributed by atoms with E-state index in [1.165, 1.54) is 0 Å². The Hall–Kier alpha value is -1.09. The van der Waals surface area contributed by atoms with Crippen LogP contribution in [0.25, 0.3) is 0 Å². The Morgan fingerprint density at radius 1 is 1.22 bits per heavy atom. The highest BCUT2D eigenvalue weighted by Gasteiger charge is 2.10. The monoisotopic (exact) mass is 280 g/mol. The summed E-state index contributed by atoms with van der Waals surface area (Å²) in [6.07, 6.45) is 2.48. The lowest BCUT2D eigenvalue weighted by atomic mass is 10.0. The molecule has 2 N–H and O–H groups in total. The first-order chi connectivity index (χ1) is 8.56. The van der Waals surface area contributed by atoms with Crippen molar-refractivity contribution >= 4 is 23.2 Å². The van der Waals surface area contributed by atoms with Crippen molar-refractivity contribution in [1.29, 1.82) is 0 Å². The second-order valence-electron chi connectivity index (χ2n) is 4.28. The van der Waals surface area contributed by atoms with Crippen molar-refractivity contribution in [2.75, 3.05) is 0 Å². The van der Waals surface area contributed by atoms with Crippen LogP contribution < -0.4 is 5.73 Å². The Bertz CT molecular complexity index is 538. The van der Waals surface area contributed by atoms with Gasteiger partial charge in [-0.05, 0) is 42.7 Å². The number of aryl methyl sites for hydroxylation is 1. The van der Waals surface area contributed by atoms with E-state index in [2.05, 4.69) is 4.98 Å². The lowest BCUT2D eigenvalue weighted by Gasteiger charge is -2.13. The zero-order valence-electron chi connectivity index (χ0n) is 10.0. The van der Waals surface area contributed by atoms with Crippen LogP contribution in [-0.4, -0.2) is 4.98 Å². The fourth-order valence-corrected chi connectivity index (χ4v) is 2.23. The number of hydrogen-bond acceptors (Lipinski definition) is 2. The molecule has 0 aliphatic carbocycles. The number of hydrogen-bond donors (Lipinski definition) is 1. The largest absolute Gasteiger partial charge is 0.324 e. The SMILES string of the molecule is Cc1ccc(C(N)Cc2ccc(Cl)cc2Cl)cn1. The average molecular weight is 281 g/mol. The topological polar surface area (TPSA) is 38.9 Å². The second-order valence-corrected chi connectivity index (χ2v) is 5.12. The molecule has 0 saturated carbocycles. The van der Waals surface area contributed by atoms with Gasteiger partial charge in [-0.1, -0.05) is 35.3 Å². The van der Waals surface area contributed by atoms with Crippen LogP contribution in [0.2, 0.25) is 10.0 Å². The highest BCUT2D eigenvalue weighted by atomic mass is 35.5. The van der Waals surface area contributed by atoms with Crippen molar-refractivity contribution in [2.45, 2.75) is 19.4 Å². The van der Waals surface area contributed by atoms with E-state index in [9.17, 15) is 0 Å². The average Bonchev–Trinajstić information content (AvgIpc) is 2.33. The van der Waals surface area contributed by atoms with E-state index >= 15 is 0 Å². The number of rotatable bonds is 3. The molecule has 0 saturated heterocycles. The van der Waals surface area contributed by atoms with Crippen LogP contribution in [0.3, 0.4) is 0 Å². The molecule has 94 valence electrons. The first kappa shape index (κ1) is 13.3. The van der Waals surface area contributed by atoms with Crippen LogP contribution in [0, 0.1) is 6.92 Å². The fraction of sp³-hybridized carbons (Fsp3) is 0.214. The molecule has 1 atom stereocenters. The van der Waals surface area contributed by atoms with Crippen LogP contribution in [0.1, 0.15) is 22.9 Å². The zero-order chi connectivity index (χ0) is 13.1. The minimum Gasteiger partial charge on any atom is -0.324 e. The van der Waals surface area contributed by atoms with Crippen LogP contribution in [0.4, 0.5) is 0 Å². The molecular formula is C14H14Cl2N2. The first-order valence-electron chi connectivity index (χ1n) is 5.68. The van der Waals surface area contributed by atoms with Gasteiger partial charge in [-0.2, -0.15) is 0 Å². The fourth-order valence-electron chi connectivity index (χ4n) is 1.74. The minimum atomic E-state index is -0.114. The summed E-state index contributed by atoms with van der Waals surface area (Å²) in [5.74, 6) is 0.